The van der Waals surface area contributed by atoms with Crippen molar-refractivity contribution in [1.29, 1.82) is 0 Å². The lowest BCUT2D eigenvalue weighted by Gasteiger charge is -2.30. The second kappa shape index (κ2) is 8.78. The van der Waals surface area contributed by atoms with E-state index in [1.54, 1.807) is 13.0 Å². The van der Waals surface area contributed by atoms with Crippen LogP contribution in [0.25, 0.3) is 0 Å². The molecule has 1 atom stereocenters. The van der Waals surface area contributed by atoms with Gasteiger partial charge in [-0.1, -0.05) is 0 Å². The summed E-state index contributed by atoms with van der Waals surface area (Å²) in [6.07, 6.45) is 0.870. The number of thiophene rings is 1. The lowest BCUT2D eigenvalue weighted by Crippen LogP contribution is -2.43. The molecule has 1 aliphatic heterocycles. The van der Waals surface area contributed by atoms with Crippen LogP contribution in [-0.4, -0.2) is 44.8 Å². The number of anilines is 1. The molecule has 2 heterocycles. The molecule has 0 radical (unpaired) electrons. The number of nitrogens with one attached hydrogen (secondary N) is 1. The zero-order valence-corrected chi connectivity index (χ0v) is 17.9. The second-order valence-corrected chi connectivity index (χ2v) is 10.3. The number of sulfonamides is 1. The predicted octanol–water partition coefficient (Wildman–Crippen LogP) is 3.16. The van der Waals surface area contributed by atoms with Crippen molar-refractivity contribution in [1.82, 2.24) is 4.31 Å². The van der Waals surface area contributed by atoms with Gasteiger partial charge in [0, 0.05) is 24.0 Å². The number of halogens is 2. The molecule has 1 amide bonds. The fraction of sp³-hybridized carbons (Fsp3) is 0.368. The number of piperidine rings is 1. The molecule has 0 spiro atoms. The van der Waals surface area contributed by atoms with Crippen LogP contribution in [0, 0.1) is 24.5 Å². The number of esters is 1. The van der Waals surface area contributed by atoms with Crippen LogP contribution in [0.3, 0.4) is 0 Å². The quantitative estimate of drug-likeness (QED) is 0.695. The van der Waals surface area contributed by atoms with Crippen molar-refractivity contribution in [3.63, 3.8) is 0 Å². The normalized spacial score (nSPS) is 17.5. The molecule has 7 nitrogen and oxygen atoms in total. The summed E-state index contributed by atoms with van der Waals surface area (Å²) < 4.78 is 59.4. The number of carbonyl (C=O) groups excluding carboxylic acids is 2. The number of carbonyl (C=O) groups is 2. The molecule has 0 saturated carbocycles. The Bertz CT molecular complexity index is 1080. The Balaban J connectivity index is 1.77. The molecular weight excluding hydrogens is 438 g/mol. The molecule has 0 aliphatic carbocycles. The molecule has 1 aromatic heterocycles. The van der Waals surface area contributed by atoms with Crippen LogP contribution in [0.2, 0.25) is 0 Å². The number of benzene rings is 1. The number of hydrogen-bond donors (Lipinski definition) is 1. The summed E-state index contributed by atoms with van der Waals surface area (Å²) in [6.45, 7) is 2.02. The average molecular weight is 459 g/mol. The van der Waals surface area contributed by atoms with E-state index in [0.29, 0.717) is 18.9 Å². The van der Waals surface area contributed by atoms with E-state index in [2.05, 4.69) is 10.1 Å². The summed E-state index contributed by atoms with van der Waals surface area (Å²) in [5, 5.41) is 2.34. The Morgan fingerprint density at radius 3 is 2.60 bits per heavy atom. The Hall–Kier alpha value is -2.37. The molecule has 0 bridgehead atoms. The fourth-order valence-electron chi connectivity index (χ4n) is 3.20. The summed E-state index contributed by atoms with van der Waals surface area (Å²) in [6, 6.07) is 4.59. The number of amides is 1. The van der Waals surface area contributed by atoms with Crippen molar-refractivity contribution >= 4 is 38.9 Å². The highest BCUT2D eigenvalue weighted by Gasteiger charge is 2.34. The number of nitrogens with zero attached hydrogens (tertiary/aromatic N) is 1. The van der Waals surface area contributed by atoms with Gasteiger partial charge in [-0.05, 0) is 38.0 Å². The molecule has 11 heteroatoms. The van der Waals surface area contributed by atoms with Crippen LogP contribution in [0.15, 0.2) is 28.5 Å². The maximum atomic E-state index is 14.1. The van der Waals surface area contributed by atoms with Crippen LogP contribution in [0.1, 0.15) is 28.1 Å². The Morgan fingerprint density at radius 2 is 1.97 bits per heavy atom. The maximum Gasteiger partial charge on any atom is 0.340 e. The molecule has 1 fully saturated rings. The molecule has 162 valence electrons. The van der Waals surface area contributed by atoms with Gasteiger partial charge in [0.25, 0.3) is 10.0 Å². The Morgan fingerprint density at radius 1 is 1.23 bits per heavy atom. The second-order valence-electron chi connectivity index (χ2n) is 6.86. The molecule has 1 aromatic carbocycles. The van der Waals surface area contributed by atoms with Gasteiger partial charge in [-0.25, -0.2) is 22.0 Å². The topological polar surface area (TPSA) is 92.8 Å². The molecule has 3 rings (SSSR count). The van der Waals surface area contributed by atoms with Crippen LogP contribution in [0.4, 0.5) is 14.5 Å². The largest absolute Gasteiger partial charge is 0.465 e. The van der Waals surface area contributed by atoms with E-state index < -0.39 is 45.0 Å². The summed E-state index contributed by atoms with van der Waals surface area (Å²) in [4.78, 5) is 25.1. The van der Waals surface area contributed by atoms with Crippen molar-refractivity contribution in [2.24, 2.45) is 5.92 Å². The van der Waals surface area contributed by atoms with Crippen LogP contribution >= 0.6 is 11.3 Å². The van der Waals surface area contributed by atoms with Gasteiger partial charge in [0.15, 0.2) is 0 Å². The highest BCUT2D eigenvalue weighted by atomic mass is 32.2. The van der Waals surface area contributed by atoms with E-state index in [9.17, 15) is 26.8 Å². The average Bonchev–Trinajstić information content (AvgIpc) is 3.16. The van der Waals surface area contributed by atoms with Crippen LogP contribution in [0.5, 0.6) is 0 Å². The van der Waals surface area contributed by atoms with Crippen molar-refractivity contribution in [2.75, 3.05) is 25.5 Å². The minimum Gasteiger partial charge on any atom is -0.465 e. The Labute approximate surface area is 176 Å². The van der Waals surface area contributed by atoms with Gasteiger partial charge in [0.2, 0.25) is 5.91 Å². The van der Waals surface area contributed by atoms with Crippen molar-refractivity contribution in [3.05, 3.63) is 46.3 Å². The monoisotopic (exact) mass is 458 g/mol. The molecule has 2 aromatic rings. The standard InChI is InChI=1S/C19H20F2N2O5S2/c1-11-5-6-17(29-11)30(26,27)23-7-3-4-12(10-23)18(24)22-16-8-13(19(25)28-2)14(20)9-15(16)21/h5-6,8-9,12H,3-4,7,10H2,1-2H3,(H,22,24). The number of hydrogen-bond acceptors (Lipinski definition) is 6. The lowest BCUT2D eigenvalue weighted by atomic mass is 9.98. The van der Waals surface area contributed by atoms with E-state index in [4.69, 9.17) is 0 Å². The first-order chi connectivity index (χ1) is 14.1. The van der Waals surface area contributed by atoms with Gasteiger partial charge >= 0.3 is 5.97 Å². The van der Waals surface area contributed by atoms with E-state index in [0.717, 1.165) is 29.4 Å². The smallest absolute Gasteiger partial charge is 0.340 e. The highest BCUT2D eigenvalue weighted by Crippen LogP contribution is 2.29. The summed E-state index contributed by atoms with van der Waals surface area (Å²) >= 11 is 1.15. The maximum absolute atomic E-state index is 14.1. The first-order valence-electron chi connectivity index (χ1n) is 9.08. The molecule has 1 saturated heterocycles. The van der Waals surface area contributed by atoms with E-state index in [-0.39, 0.29) is 23.0 Å². The van der Waals surface area contributed by atoms with E-state index in [1.807, 2.05) is 0 Å². The van der Waals surface area contributed by atoms with Gasteiger partial charge in [0.1, 0.15) is 15.8 Å². The molecule has 1 unspecified atom stereocenters. The SMILES string of the molecule is COC(=O)c1cc(NC(=O)C2CCCN(S(=O)(=O)c3ccc(C)s3)C2)c(F)cc1F. The van der Waals surface area contributed by atoms with Crippen LogP contribution in [-0.2, 0) is 19.6 Å². The van der Waals surface area contributed by atoms with Gasteiger partial charge in [0.05, 0.1) is 24.3 Å². The first kappa shape index (κ1) is 22.3. The van der Waals surface area contributed by atoms with Crippen molar-refractivity contribution < 1.29 is 31.5 Å². The molecule has 1 aliphatic rings. The molecular formula is C19H20F2N2O5S2. The minimum absolute atomic E-state index is 0.0578. The molecule has 1 N–H and O–H groups in total. The van der Waals surface area contributed by atoms with Gasteiger partial charge in [-0.3, -0.25) is 4.79 Å². The zero-order valence-electron chi connectivity index (χ0n) is 16.3. The number of ether oxygens (including phenoxy) is 1. The fourth-order valence-corrected chi connectivity index (χ4v) is 6.16. The number of methoxy groups -OCH3 is 1. The van der Waals surface area contributed by atoms with Gasteiger partial charge < -0.3 is 10.1 Å². The number of rotatable bonds is 5. The van der Waals surface area contributed by atoms with Crippen LogP contribution < -0.4 is 5.32 Å². The van der Waals surface area contributed by atoms with Gasteiger partial charge in [-0.2, -0.15) is 4.31 Å². The minimum atomic E-state index is -3.73. The zero-order chi connectivity index (χ0) is 22.1. The third-order valence-corrected chi connectivity index (χ3v) is 8.12. The summed E-state index contributed by atoms with van der Waals surface area (Å²) in [5.74, 6) is -4.51. The van der Waals surface area contributed by atoms with E-state index >= 15 is 0 Å². The lowest BCUT2D eigenvalue weighted by molar-refractivity contribution is -0.120. The van der Waals surface area contributed by atoms with Gasteiger partial charge in [-0.15, -0.1) is 11.3 Å². The first-order valence-corrected chi connectivity index (χ1v) is 11.3. The Kier molecular flexibility index (Phi) is 6.53. The predicted molar refractivity (Wildman–Crippen MR) is 107 cm³/mol. The summed E-state index contributed by atoms with van der Waals surface area (Å²) in [7, 11) is -2.68. The van der Waals surface area contributed by atoms with Crippen molar-refractivity contribution in [3.8, 4) is 0 Å². The third kappa shape index (κ3) is 4.52. The highest BCUT2D eigenvalue weighted by molar-refractivity contribution is 7.91. The number of aryl methyl sites for hydroxylation is 1. The summed E-state index contributed by atoms with van der Waals surface area (Å²) in [5.41, 5.74) is -0.897. The molecule has 30 heavy (non-hydrogen) atoms. The van der Waals surface area contributed by atoms with E-state index in [1.165, 1.54) is 10.4 Å². The van der Waals surface area contributed by atoms with Crippen molar-refractivity contribution in [2.45, 2.75) is 24.0 Å². The third-order valence-electron chi connectivity index (χ3n) is 4.78.